The minimum absolute atomic E-state index is 0. The molecule has 2 N–H and O–H groups in total. The Morgan fingerprint density at radius 2 is 2.07 bits per heavy atom. The lowest BCUT2D eigenvalue weighted by molar-refractivity contribution is 0.181. The highest BCUT2D eigenvalue weighted by Crippen LogP contribution is 2.17. The maximum Gasteiger partial charge on any atom is 0.191 e. The Kier molecular flexibility index (Phi) is 12.5. The number of para-hydroxylation sites is 1. The summed E-state index contributed by atoms with van der Waals surface area (Å²) in [5.74, 6) is 2.65. The highest BCUT2D eigenvalue weighted by molar-refractivity contribution is 14.0. The second-order valence-electron chi connectivity index (χ2n) is 7.15. The molecule has 0 aromatic heterocycles. The summed E-state index contributed by atoms with van der Waals surface area (Å²) in [5.41, 5.74) is 1.15. The largest absolute Gasteiger partial charge is 0.494 e. The Bertz CT molecular complexity index is 553. The highest BCUT2D eigenvalue weighted by atomic mass is 127. The van der Waals surface area contributed by atoms with E-state index in [0.29, 0.717) is 13.2 Å². The second-order valence-corrected chi connectivity index (χ2v) is 7.15. The van der Waals surface area contributed by atoms with Crippen molar-refractivity contribution in [3.8, 4) is 5.75 Å². The average molecular weight is 488 g/mol. The van der Waals surface area contributed by atoms with E-state index in [1.807, 2.05) is 32.2 Å². The van der Waals surface area contributed by atoms with Gasteiger partial charge >= 0.3 is 0 Å². The van der Waals surface area contributed by atoms with Crippen LogP contribution in [0.5, 0.6) is 5.75 Å². The summed E-state index contributed by atoms with van der Waals surface area (Å²) in [6.07, 6.45) is 5.16. The van der Waals surface area contributed by atoms with Crippen molar-refractivity contribution in [2.24, 2.45) is 10.9 Å². The van der Waals surface area contributed by atoms with Crippen molar-refractivity contribution in [3.63, 3.8) is 0 Å². The molecule has 1 aromatic rings. The van der Waals surface area contributed by atoms with Crippen molar-refractivity contribution in [2.45, 2.75) is 46.1 Å². The summed E-state index contributed by atoms with van der Waals surface area (Å²) in [5, 5.41) is 6.80. The number of piperidine rings is 1. The van der Waals surface area contributed by atoms with Gasteiger partial charge in [-0.25, -0.2) is 0 Å². The average Bonchev–Trinajstić information content (AvgIpc) is 2.65. The molecule has 0 spiro atoms. The number of aliphatic imine (C=N–C) groups is 1. The Labute approximate surface area is 182 Å². The normalized spacial score (nSPS) is 17.9. The number of rotatable bonds is 9. The standard InChI is InChI=1S/C21H36N4O.HI/c1-4-26-20-12-6-5-11-19(20)16-24-21(22-3)23-13-7-8-14-25-15-9-10-18(2)17-25;/h5-6,11-12,18H,4,7-10,13-17H2,1-3H3,(H2,22,23,24);1H. The second kappa shape index (κ2) is 14.0. The molecule has 1 unspecified atom stereocenters. The van der Waals surface area contributed by atoms with Crippen LogP contribution in [0.25, 0.3) is 0 Å². The maximum atomic E-state index is 5.68. The van der Waals surface area contributed by atoms with Crippen LogP contribution in [-0.4, -0.2) is 50.7 Å². The zero-order valence-corrected chi connectivity index (χ0v) is 19.5. The molecule has 0 aliphatic carbocycles. The zero-order chi connectivity index (χ0) is 18.6. The molecule has 6 heteroatoms. The fourth-order valence-corrected chi connectivity index (χ4v) is 3.50. The summed E-state index contributed by atoms with van der Waals surface area (Å²) in [4.78, 5) is 6.94. The van der Waals surface area contributed by atoms with Crippen LogP contribution in [0.2, 0.25) is 0 Å². The summed E-state index contributed by atoms with van der Waals surface area (Å²) < 4.78 is 5.68. The van der Waals surface area contributed by atoms with Gasteiger partial charge in [0.15, 0.2) is 5.96 Å². The van der Waals surface area contributed by atoms with Gasteiger partial charge in [-0.05, 0) is 57.7 Å². The van der Waals surface area contributed by atoms with Crippen LogP contribution in [-0.2, 0) is 6.54 Å². The number of nitrogens with one attached hydrogen (secondary N) is 2. The Morgan fingerprint density at radius 3 is 2.81 bits per heavy atom. The van der Waals surface area contributed by atoms with Crippen molar-refractivity contribution in [2.75, 3.05) is 39.8 Å². The van der Waals surface area contributed by atoms with E-state index in [9.17, 15) is 0 Å². The fraction of sp³-hybridized carbons (Fsp3) is 0.667. The van der Waals surface area contributed by atoms with Gasteiger partial charge in [-0.1, -0.05) is 25.1 Å². The van der Waals surface area contributed by atoms with Gasteiger partial charge in [0.05, 0.1) is 6.61 Å². The molecule has 1 aliphatic heterocycles. The third-order valence-electron chi connectivity index (χ3n) is 4.88. The number of nitrogens with zero attached hydrogens (tertiary/aromatic N) is 2. The number of likely N-dealkylation sites (tertiary alicyclic amines) is 1. The number of hydrogen-bond donors (Lipinski definition) is 2. The fourth-order valence-electron chi connectivity index (χ4n) is 3.50. The molecule has 1 fully saturated rings. The predicted octanol–water partition coefficient (Wildman–Crippen LogP) is 3.88. The van der Waals surface area contributed by atoms with Crippen molar-refractivity contribution < 1.29 is 4.74 Å². The van der Waals surface area contributed by atoms with E-state index in [1.54, 1.807) is 0 Å². The minimum atomic E-state index is 0. The third kappa shape index (κ3) is 9.14. The number of hydrogen-bond acceptors (Lipinski definition) is 3. The van der Waals surface area contributed by atoms with E-state index >= 15 is 0 Å². The van der Waals surface area contributed by atoms with E-state index in [-0.39, 0.29) is 24.0 Å². The molecular formula is C21H37IN4O. The van der Waals surface area contributed by atoms with Crippen LogP contribution in [0.4, 0.5) is 0 Å². The molecule has 0 saturated carbocycles. The van der Waals surface area contributed by atoms with Crippen LogP contribution in [0, 0.1) is 5.92 Å². The number of guanidine groups is 1. The Hall–Kier alpha value is -1.02. The first-order valence-corrected chi connectivity index (χ1v) is 10.1. The summed E-state index contributed by atoms with van der Waals surface area (Å²) >= 11 is 0. The smallest absolute Gasteiger partial charge is 0.191 e. The maximum absolute atomic E-state index is 5.68. The van der Waals surface area contributed by atoms with Crippen LogP contribution in [0.1, 0.15) is 45.1 Å². The molecule has 154 valence electrons. The SMILES string of the molecule is CCOc1ccccc1CNC(=NC)NCCCCN1CCCC(C)C1.I. The first-order valence-electron chi connectivity index (χ1n) is 10.1. The van der Waals surface area contributed by atoms with Crippen LogP contribution in [0.3, 0.4) is 0 Å². The zero-order valence-electron chi connectivity index (χ0n) is 17.2. The van der Waals surface area contributed by atoms with Gasteiger partial charge in [-0.15, -0.1) is 24.0 Å². The van der Waals surface area contributed by atoms with E-state index in [0.717, 1.165) is 29.7 Å². The lowest BCUT2D eigenvalue weighted by Crippen LogP contribution is -2.38. The first-order chi connectivity index (χ1) is 12.7. The molecular weight excluding hydrogens is 451 g/mol. The van der Waals surface area contributed by atoms with Gasteiger partial charge in [-0.3, -0.25) is 4.99 Å². The number of benzene rings is 1. The van der Waals surface area contributed by atoms with E-state index in [4.69, 9.17) is 4.74 Å². The topological polar surface area (TPSA) is 48.9 Å². The van der Waals surface area contributed by atoms with Crippen molar-refractivity contribution in [1.29, 1.82) is 0 Å². The van der Waals surface area contributed by atoms with E-state index < -0.39 is 0 Å². The quantitative estimate of drug-likeness (QED) is 0.240. The molecule has 1 heterocycles. The number of halogens is 1. The lowest BCUT2D eigenvalue weighted by atomic mass is 10.0. The van der Waals surface area contributed by atoms with Crippen molar-refractivity contribution in [3.05, 3.63) is 29.8 Å². The van der Waals surface area contributed by atoms with Gasteiger partial charge in [0.25, 0.3) is 0 Å². The molecule has 0 radical (unpaired) electrons. The molecule has 5 nitrogen and oxygen atoms in total. The lowest BCUT2D eigenvalue weighted by Gasteiger charge is -2.30. The van der Waals surface area contributed by atoms with Gasteiger partial charge < -0.3 is 20.3 Å². The molecule has 1 atom stereocenters. The molecule has 1 aromatic carbocycles. The van der Waals surface area contributed by atoms with Crippen LogP contribution >= 0.6 is 24.0 Å². The molecule has 27 heavy (non-hydrogen) atoms. The van der Waals surface area contributed by atoms with Gasteiger partial charge in [0, 0.05) is 32.2 Å². The Morgan fingerprint density at radius 1 is 1.26 bits per heavy atom. The van der Waals surface area contributed by atoms with Crippen LogP contribution in [0.15, 0.2) is 29.3 Å². The summed E-state index contributed by atoms with van der Waals surface area (Å²) in [6, 6.07) is 8.14. The van der Waals surface area contributed by atoms with Gasteiger partial charge in [0.2, 0.25) is 0 Å². The third-order valence-corrected chi connectivity index (χ3v) is 4.88. The Balaban J connectivity index is 0.00000364. The first kappa shape index (κ1) is 24.0. The summed E-state index contributed by atoms with van der Waals surface area (Å²) in [7, 11) is 1.82. The minimum Gasteiger partial charge on any atom is -0.494 e. The summed E-state index contributed by atoms with van der Waals surface area (Å²) in [6.45, 7) is 10.5. The van der Waals surface area contributed by atoms with Gasteiger partial charge in [0.1, 0.15) is 5.75 Å². The number of unbranched alkanes of at least 4 members (excludes halogenated alkanes) is 1. The molecule has 1 aliphatic rings. The van der Waals surface area contributed by atoms with E-state index in [1.165, 1.54) is 45.3 Å². The van der Waals surface area contributed by atoms with Crippen molar-refractivity contribution >= 4 is 29.9 Å². The molecule has 0 amide bonds. The molecule has 0 bridgehead atoms. The van der Waals surface area contributed by atoms with Gasteiger partial charge in [-0.2, -0.15) is 0 Å². The van der Waals surface area contributed by atoms with E-state index in [2.05, 4.69) is 33.5 Å². The monoisotopic (exact) mass is 488 g/mol. The van der Waals surface area contributed by atoms with Crippen molar-refractivity contribution in [1.82, 2.24) is 15.5 Å². The predicted molar refractivity (Wildman–Crippen MR) is 125 cm³/mol. The number of ether oxygens (including phenoxy) is 1. The van der Waals surface area contributed by atoms with Crippen LogP contribution < -0.4 is 15.4 Å². The molecule has 1 saturated heterocycles. The molecule has 2 rings (SSSR count). The highest BCUT2D eigenvalue weighted by Gasteiger charge is 2.15.